The Morgan fingerprint density at radius 2 is 2.16 bits per heavy atom. The van der Waals surface area contributed by atoms with Gasteiger partial charge in [0, 0.05) is 6.04 Å². The Morgan fingerprint density at radius 3 is 2.79 bits per heavy atom. The first-order valence-electron chi connectivity index (χ1n) is 6.83. The highest BCUT2D eigenvalue weighted by Crippen LogP contribution is 2.47. The zero-order valence-electron chi connectivity index (χ0n) is 11.3. The number of carbonyl (C=O) groups excluding carboxylic acids is 1. The second-order valence-corrected chi connectivity index (χ2v) is 5.17. The number of ether oxygens (including phenoxy) is 2. The van der Waals surface area contributed by atoms with E-state index in [9.17, 15) is 4.79 Å². The van der Waals surface area contributed by atoms with E-state index < -0.39 is 0 Å². The zero-order valence-corrected chi connectivity index (χ0v) is 11.3. The van der Waals surface area contributed by atoms with Gasteiger partial charge in [-0.3, -0.25) is 4.90 Å². The van der Waals surface area contributed by atoms with Crippen molar-refractivity contribution in [3.8, 4) is 0 Å². The van der Waals surface area contributed by atoms with Crippen molar-refractivity contribution in [1.29, 1.82) is 0 Å². The minimum atomic E-state index is -0.233. The summed E-state index contributed by atoms with van der Waals surface area (Å²) in [6.45, 7) is 2.10. The minimum absolute atomic E-state index is 0.0122. The molecule has 0 saturated carbocycles. The highest BCUT2D eigenvalue weighted by molar-refractivity contribution is 5.69. The number of amides is 1. The molecule has 2 fully saturated rings. The lowest BCUT2D eigenvalue weighted by Gasteiger charge is -2.44. The Bertz CT molecular complexity index is 462. The molecule has 2 heterocycles. The highest BCUT2D eigenvalue weighted by Gasteiger charge is 2.56. The lowest BCUT2D eigenvalue weighted by atomic mass is 9.92. The van der Waals surface area contributed by atoms with Crippen LogP contribution in [0.15, 0.2) is 30.3 Å². The fourth-order valence-electron chi connectivity index (χ4n) is 3.26. The van der Waals surface area contributed by atoms with Crippen LogP contribution in [-0.2, 0) is 9.47 Å². The molecule has 1 aromatic carbocycles. The molecule has 2 aliphatic heterocycles. The van der Waals surface area contributed by atoms with Gasteiger partial charge < -0.3 is 9.47 Å². The van der Waals surface area contributed by atoms with Gasteiger partial charge in [-0.05, 0) is 18.4 Å². The van der Waals surface area contributed by atoms with E-state index in [4.69, 9.17) is 9.47 Å². The molecule has 2 aliphatic rings. The number of hydrogen-bond donors (Lipinski definition) is 0. The molecule has 0 N–H and O–H groups in total. The van der Waals surface area contributed by atoms with Crippen molar-refractivity contribution in [1.82, 2.24) is 4.90 Å². The predicted octanol–water partition coefficient (Wildman–Crippen LogP) is 2.75. The number of hydrogen-bond acceptors (Lipinski definition) is 3. The van der Waals surface area contributed by atoms with Crippen LogP contribution in [-0.4, -0.2) is 36.3 Å². The molecule has 0 bridgehead atoms. The van der Waals surface area contributed by atoms with E-state index in [-0.39, 0.29) is 30.4 Å². The molecule has 19 heavy (non-hydrogen) atoms. The zero-order chi connectivity index (χ0) is 13.4. The molecule has 0 aromatic heterocycles. The summed E-state index contributed by atoms with van der Waals surface area (Å²) in [5, 5.41) is 0. The molecule has 0 aliphatic carbocycles. The molecule has 0 unspecified atom stereocenters. The normalized spacial score (nSPS) is 32.6. The van der Waals surface area contributed by atoms with Gasteiger partial charge in [0.25, 0.3) is 0 Å². The van der Waals surface area contributed by atoms with E-state index in [1.54, 1.807) is 0 Å². The van der Waals surface area contributed by atoms with Gasteiger partial charge in [-0.1, -0.05) is 37.3 Å². The average Bonchev–Trinajstić information content (AvgIpc) is 2.72. The molecular formula is C15H19NO3. The van der Waals surface area contributed by atoms with Crippen LogP contribution in [0.5, 0.6) is 0 Å². The molecule has 4 nitrogen and oxygen atoms in total. The van der Waals surface area contributed by atoms with Gasteiger partial charge in [-0.25, -0.2) is 4.79 Å². The molecule has 1 amide bonds. The van der Waals surface area contributed by atoms with Crippen molar-refractivity contribution in [3.05, 3.63) is 35.9 Å². The highest BCUT2D eigenvalue weighted by atomic mass is 16.6. The smallest absolute Gasteiger partial charge is 0.410 e. The third kappa shape index (κ3) is 1.91. The number of fused-ring (bicyclic) bond motifs is 1. The Hall–Kier alpha value is -1.55. The van der Waals surface area contributed by atoms with Gasteiger partial charge in [-0.2, -0.15) is 0 Å². The van der Waals surface area contributed by atoms with Crippen LogP contribution in [0.4, 0.5) is 4.79 Å². The van der Waals surface area contributed by atoms with E-state index in [0.29, 0.717) is 0 Å². The maximum absolute atomic E-state index is 12.0. The molecule has 2 saturated heterocycles. The number of methoxy groups -OCH3 is 1. The van der Waals surface area contributed by atoms with E-state index in [0.717, 1.165) is 18.4 Å². The van der Waals surface area contributed by atoms with Gasteiger partial charge in [0.05, 0.1) is 19.3 Å². The quantitative estimate of drug-likeness (QED) is 0.821. The number of carbonyl (C=O) groups is 1. The maximum atomic E-state index is 12.0. The van der Waals surface area contributed by atoms with Gasteiger partial charge in [0.15, 0.2) is 0 Å². The maximum Gasteiger partial charge on any atom is 0.410 e. The summed E-state index contributed by atoms with van der Waals surface area (Å²) in [7, 11) is 1.44. The second-order valence-electron chi connectivity index (χ2n) is 5.17. The summed E-state index contributed by atoms with van der Waals surface area (Å²) >= 11 is 0. The van der Waals surface area contributed by atoms with Gasteiger partial charge in [0.2, 0.25) is 0 Å². The van der Waals surface area contributed by atoms with Crippen molar-refractivity contribution in [2.24, 2.45) is 0 Å². The van der Waals surface area contributed by atoms with Crippen LogP contribution in [0.2, 0.25) is 0 Å². The number of benzene rings is 1. The largest absolute Gasteiger partial charge is 0.453 e. The first-order valence-corrected chi connectivity index (χ1v) is 6.83. The van der Waals surface area contributed by atoms with Gasteiger partial charge in [-0.15, -0.1) is 0 Å². The SMILES string of the molecule is CC[C@@H]1C[C@@H]2O[C@H](c3ccccc3)[C@@H]2N1C(=O)OC. The van der Waals surface area contributed by atoms with Gasteiger partial charge in [0.1, 0.15) is 6.10 Å². The van der Waals surface area contributed by atoms with Crippen LogP contribution in [0.3, 0.4) is 0 Å². The van der Waals surface area contributed by atoms with Crippen LogP contribution in [0.1, 0.15) is 31.4 Å². The average molecular weight is 261 g/mol. The molecule has 0 radical (unpaired) electrons. The molecule has 3 rings (SSSR count). The molecule has 4 atom stereocenters. The number of rotatable bonds is 2. The Labute approximate surface area is 113 Å². The minimum Gasteiger partial charge on any atom is -0.453 e. The second kappa shape index (κ2) is 4.85. The molecule has 0 spiro atoms. The first-order chi connectivity index (χ1) is 9.26. The first kappa shape index (κ1) is 12.5. The number of likely N-dealkylation sites (tertiary alicyclic amines) is 1. The molecule has 102 valence electrons. The van der Waals surface area contributed by atoms with Crippen molar-refractivity contribution < 1.29 is 14.3 Å². The van der Waals surface area contributed by atoms with Crippen molar-refractivity contribution in [2.45, 2.75) is 44.1 Å². The standard InChI is InChI=1S/C15H19NO3/c1-3-11-9-12-13(16(11)15(17)18-2)14(19-12)10-7-5-4-6-8-10/h4-8,11-14H,3,9H2,1-2H3/t11-,12+,13-,14-/m1/s1. The lowest BCUT2D eigenvalue weighted by molar-refractivity contribution is -0.162. The summed E-state index contributed by atoms with van der Waals surface area (Å²) in [5.41, 5.74) is 1.13. The molecule has 1 aromatic rings. The number of nitrogens with zero attached hydrogens (tertiary/aromatic N) is 1. The Kier molecular flexibility index (Phi) is 3.19. The summed E-state index contributed by atoms with van der Waals surface area (Å²) in [6.07, 6.45) is 1.77. The predicted molar refractivity (Wildman–Crippen MR) is 70.8 cm³/mol. The summed E-state index contributed by atoms with van der Waals surface area (Å²) < 4.78 is 10.9. The van der Waals surface area contributed by atoms with Crippen LogP contribution in [0.25, 0.3) is 0 Å². The van der Waals surface area contributed by atoms with Crippen molar-refractivity contribution in [2.75, 3.05) is 7.11 Å². The van der Waals surface area contributed by atoms with E-state index in [2.05, 4.69) is 19.1 Å². The topological polar surface area (TPSA) is 38.8 Å². The van der Waals surface area contributed by atoms with Gasteiger partial charge >= 0.3 is 6.09 Å². The summed E-state index contributed by atoms with van der Waals surface area (Å²) in [4.78, 5) is 13.9. The van der Waals surface area contributed by atoms with E-state index in [1.165, 1.54) is 7.11 Å². The van der Waals surface area contributed by atoms with E-state index >= 15 is 0 Å². The van der Waals surface area contributed by atoms with E-state index in [1.807, 2.05) is 23.1 Å². The fourth-order valence-corrected chi connectivity index (χ4v) is 3.26. The molecular weight excluding hydrogens is 242 g/mol. The van der Waals surface area contributed by atoms with Crippen LogP contribution >= 0.6 is 0 Å². The monoisotopic (exact) mass is 261 g/mol. The Balaban J connectivity index is 1.84. The molecule has 4 heteroatoms. The third-order valence-electron chi connectivity index (χ3n) is 4.22. The van der Waals surface area contributed by atoms with Crippen LogP contribution < -0.4 is 0 Å². The summed E-state index contributed by atoms with van der Waals surface area (Å²) in [5.74, 6) is 0. The lowest BCUT2D eigenvalue weighted by Crippen LogP contribution is -2.54. The van der Waals surface area contributed by atoms with Crippen molar-refractivity contribution in [3.63, 3.8) is 0 Å². The Morgan fingerprint density at radius 1 is 1.42 bits per heavy atom. The fraction of sp³-hybridized carbons (Fsp3) is 0.533. The van der Waals surface area contributed by atoms with Crippen LogP contribution in [0, 0.1) is 0 Å². The third-order valence-corrected chi connectivity index (χ3v) is 4.22. The summed E-state index contributed by atoms with van der Waals surface area (Å²) in [6, 6.07) is 10.4. The van der Waals surface area contributed by atoms with Crippen molar-refractivity contribution >= 4 is 6.09 Å².